The molecule has 0 aliphatic heterocycles. The molecule has 8 rings (SSSR count). The number of ether oxygens (including phenoxy) is 2. The van der Waals surface area contributed by atoms with E-state index >= 15 is 0 Å². The first-order chi connectivity index (χ1) is 24.8. The van der Waals surface area contributed by atoms with Crippen molar-refractivity contribution in [2.75, 3.05) is 14.2 Å². The molecule has 0 fully saturated rings. The van der Waals surface area contributed by atoms with Gasteiger partial charge in [-0.25, -0.2) is 0 Å². The Morgan fingerprint density at radius 2 is 0.620 bits per heavy atom. The van der Waals surface area contributed by atoms with E-state index in [0.717, 1.165) is 22.3 Å². The van der Waals surface area contributed by atoms with Gasteiger partial charge in [0.05, 0.1) is 14.2 Å². The number of rotatable bonds is 9. The van der Waals surface area contributed by atoms with Gasteiger partial charge in [-0.3, -0.25) is 0 Å². The standard InChI is InChI=1S/C46H36O2P2/c1-47-41-31-33-19-15-17-29-39(33)43(45(41)49(35-21-7-3-8-22-35)36-23-9-4-10-24-36)44-40-30-18-16-20-34(40)32-42(48-2)46(44)50(37-25-11-5-12-26-37)38-27-13-6-14-28-38/h3-32H,1-2H3. The highest BCUT2D eigenvalue weighted by Gasteiger charge is 2.32. The number of fused-ring (bicyclic) bond motifs is 2. The van der Waals surface area contributed by atoms with Crippen molar-refractivity contribution in [1.29, 1.82) is 0 Å². The first-order valence-electron chi connectivity index (χ1n) is 16.8. The Morgan fingerprint density at radius 3 is 0.920 bits per heavy atom. The van der Waals surface area contributed by atoms with E-state index in [4.69, 9.17) is 9.47 Å². The zero-order chi connectivity index (χ0) is 33.9. The normalized spacial score (nSPS) is 11.4. The van der Waals surface area contributed by atoms with E-state index in [-0.39, 0.29) is 0 Å². The second-order valence-electron chi connectivity index (χ2n) is 12.1. The van der Waals surface area contributed by atoms with Crippen LogP contribution in [0.4, 0.5) is 0 Å². The molecule has 4 heteroatoms. The van der Waals surface area contributed by atoms with E-state index in [1.54, 1.807) is 0 Å². The summed E-state index contributed by atoms with van der Waals surface area (Å²) in [5.41, 5.74) is 2.39. The SMILES string of the molecule is COc1cc2ccccc2c(-c2c(P(c3ccccc3)c3ccccc3)c(OC)cc3ccccc23)c1P(c1ccccc1)c1ccccc1. The fourth-order valence-electron chi connectivity index (χ4n) is 7.01. The summed E-state index contributed by atoms with van der Waals surface area (Å²) in [5.74, 6) is 1.78. The molecule has 0 saturated heterocycles. The van der Waals surface area contributed by atoms with Crippen molar-refractivity contribution in [3.63, 3.8) is 0 Å². The number of hydrogen-bond donors (Lipinski definition) is 0. The molecule has 0 aromatic heterocycles. The molecule has 50 heavy (non-hydrogen) atoms. The van der Waals surface area contributed by atoms with E-state index in [1.165, 1.54) is 53.7 Å². The smallest absolute Gasteiger partial charge is 0.128 e. The summed E-state index contributed by atoms with van der Waals surface area (Å²) in [7, 11) is 1.51. The van der Waals surface area contributed by atoms with E-state index in [1.807, 2.05) is 14.2 Å². The average molecular weight is 683 g/mol. The number of benzene rings is 8. The number of hydrogen-bond acceptors (Lipinski definition) is 2. The predicted octanol–water partition coefficient (Wildman–Crippen LogP) is 9.19. The second-order valence-corrected chi connectivity index (χ2v) is 16.4. The largest absolute Gasteiger partial charge is 0.496 e. The van der Waals surface area contributed by atoms with Gasteiger partial charge >= 0.3 is 0 Å². The van der Waals surface area contributed by atoms with Crippen molar-refractivity contribution in [1.82, 2.24) is 0 Å². The van der Waals surface area contributed by atoms with Gasteiger partial charge in [-0.2, -0.15) is 0 Å². The molecule has 0 unspecified atom stereocenters. The first kappa shape index (κ1) is 32.0. The summed E-state index contributed by atoms with van der Waals surface area (Å²) in [6.45, 7) is 0. The van der Waals surface area contributed by atoms with Crippen LogP contribution in [0.1, 0.15) is 0 Å². The van der Waals surface area contributed by atoms with E-state index < -0.39 is 15.8 Å². The topological polar surface area (TPSA) is 18.5 Å². The predicted molar refractivity (Wildman–Crippen MR) is 217 cm³/mol. The van der Waals surface area contributed by atoms with Gasteiger partial charge < -0.3 is 9.47 Å². The van der Waals surface area contributed by atoms with Crippen LogP contribution < -0.4 is 41.3 Å². The van der Waals surface area contributed by atoms with Crippen LogP contribution in [-0.4, -0.2) is 14.2 Å². The zero-order valence-electron chi connectivity index (χ0n) is 28.0. The van der Waals surface area contributed by atoms with Crippen LogP contribution >= 0.6 is 15.8 Å². The van der Waals surface area contributed by atoms with Crippen LogP contribution in [0.2, 0.25) is 0 Å². The molecule has 8 aromatic carbocycles. The maximum atomic E-state index is 6.47. The maximum absolute atomic E-state index is 6.47. The van der Waals surface area contributed by atoms with Crippen molar-refractivity contribution in [2.45, 2.75) is 0 Å². The fourth-order valence-corrected chi connectivity index (χ4v) is 12.2. The Hall–Kier alpha value is -5.26. The molecule has 0 amide bonds. The lowest BCUT2D eigenvalue weighted by molar-refractivity contribution is 0.418. The minimum Gasteiger partial charge on any atom is -0.496 e. The molecule has 0 radical (unpaired) electrons. The molecule has 0 N–H and O–H groups in total. The Balaban J connectivity index is 1.61. The lowest BCUT2D eigenvalue weighted by Gasteiger charge is -2.30. The molecule has 0 aliphatic carbocycles. The molecule has 0 heterocycles. The third-order valence-corrected chi connectivity index (χ3v) is 14.2. The van der Waals surface area contributed by atoms with E-state index in [9.17, 15) is 0 Å². The van der Waals surface area contributed by atoms with Gasteiger partial charge in [-0.15, -0.1) is 0 Å². The summed E-state index contributed by atoms with van der Waals surface area (Å²) in [5, 5.41) is 12.1. The van der Waals surface area contributed by atoms with Crippen molar-refractivity contribution in [2.24, 2.45) is 0 Å². The summed E-state index contributed by atoms with van der Waals surface area (Å²) < 4.78 is 12.9. The van der Waals surface area contributed by atoms with Crippen molar-refractivity contribution in [3.05, 3.63) is 182 Å². The highest BCUT2D eigenvalue weighted by Crippen LogP contribution is 2.49. The molecule has 8 aromatic rings. The summed E-state index contributed by atoms with van der Waals surface area (Å²) in [6, 6.07) is 65.7. The van der Waals surface area contributed by atoms with Crippen molar-refractivity contribution >= 4 is 69.2 Å². The maximum Gasteiger partial charge on any atom is 0.128 e. The van der Waals surface area contributed by atoms with Gasteiger partial charge in [0.25, 0.3) is 0 Å². The molecule has 0 bridgehead atoms. The zero-order valence-corrected chi connectivity index (χ0v) is 29.8. The van der Waals surface area contributed by atoms with Crippen LogP contribution in [0.3, 0.4) is 0 Å². The molecular formula is C46H36O2P2. The van der Waals surface area contributed by atoms with Gasteiger partial charge in [0.2, 0.25) is 0 Å². The third kappa shape index (κ3) is 5.86. The Morgan fingerprint density at radius 1 is 0.340 bits per heavy atom. The third-order valence-electron chi connectivity index (χ3n) is 9.17. The van der Waals surface area contributed by atoms with E-state index in [0.29, 0.717) is 0 Å². The van der Waals surface area contributed by atoms with Gasteiger partial charge in [-0.05, 0) is 70.7 Å². The molecule has 0 aliphatic rings. The molecule has 0 spiro atoms. The minimum absolute atomic E-state index is 0.888. The lowest BCUT2D eigenvalue weighted by Crippen LogP contribution is -2.27. The summed E-state index contributed by atoms with van der Waals surface area (Å²) >= 11 is 0. The van der Waals surface area contributed by atoms with Gasteiger partial charge in [0.15, 0.2) is 0 Å². The molecular weight excluding hydrogens is 646 g/mol. The Bertz CT molecular complexity index is 2140. The van der Waals surface area contributed by atoms with Crippen LogP contribution in [0.5, 0.6) is 11.5 Å². The second kappa shape index (κ2) is 14.3. The number of methoxy groups -OCH3 is 2. The summed E-state index contributed by atoms with van der Waals surface area (Å²) in [6.07, 6.45) is 0. The van der Waals surface area contributed by atoms with Gasteiger partial charge in [0.1, 0.15) is 11.5 Å². The Kier molecular flexibility index (Phi) is 9.15. The average Bonchev–Trinajstić information content (AvgIpc) is 3.19. The quantitative estimate of drug-likeness (QED) is 0.141. The molecule has 0 saturated carbocycles. The van der Waals surface area contributed by atoms with E-state index in [2.05, 4.69) is 182 Å². The van der Waals surface area contributed by atoms with Gasteiger partial charge in [-0.1, -0.05) is 170 Å². The van der Waals surface area contributed by atoms with Gasteiger partial charge in [0, 0.05) is 21.7 Å². The summed E-state index contributed by atoms with van der Waals surface area (Å²) in [4.78, 5) is 0. The Labute approximate surface area is 296 Å². The first-order valence-corrected chi connectivity index (χ1v) is 19.5. The van der Waals surface area contributed by atoms with Crippen LogP contribution in [0.15, 0.2) is 182 Å². The fraction of sp³-hybridized carbons (Fsp3) is 0.0435. The van der Waals surface area contributed by atoms with Crippen LogP contribution in [-0.2, 0) is 0 Å². The minimum atomic E-state index is -1.06. The molecule has 2 nitrogen and oxygen atoms in total. The molecule has 242 valence electrons. The lowest BCUT2D eigenvalue weighted by atomic mass is 9.93. The van der Waals surface area contributed by atoms with Crippen LogP contribution in [0, 0.1) is 0 Å². The monoisotopic (exact) mass is 682 g/mol. The van der Waals surface area contributed by atoms with Crippen molar-refractivity contribution < 1.29 is 9.47 Å². The van der Waals surface area contributed by atoms with Crippen LogP contribution in [0.25, 0.3) is 32.7 Å². The highest BCUT2D eigenvalue weighted by atomic mass is 31.1. The molecule has 0 atom stereocenters. The highest BCUT2D eigenvalue weighted by molar-refractivity contribution is 7.81. The van der Waals surface area contributed by atoms with Crippen molar-refractivity contribution in [3.8, 4) is 22.6 Å².